The molecule has 3 unspecified atom stereocenters. The molecule has 0 radical (unpaired) electrons. The summed E-state index contributed by atoms with van der Waals surface area (Å²) in [6.45, 7) is 6.86. The summed E-state index contributed by atoms with van der Waals surface area (Å²) in [4.78, 5) is 0. The topological polar surface area (TPSA) is 32.3 Å². The van der Waals surface area contributed by atoms with E-state index >= 15 is 0 Å². The van der Waals surface area contributed by atoms with Gasteiger partial charge in [-0.15, -0.1) is 0 Å². The van der Waals surface area contributed by atoms with Crippen LogP contribution < -0.4 is 5.32 Å². The van der Waals surface area contributed by atoms with Gasteiger partial charge in [-0.3, -0.25) is 0 Å². The molecule has 84 valence electrons. The molecule has 0 aromatic heterocycles. The number of hydrogen-bond acceptors (Lipinski definition) is 2. The molecule has 2 N–H and O–H groups in total. The highest BCUT2D eigenvalue weighted by molar-refractivity contribution is 4.74. The second-order valence-corrected chi connectivity index (χ2v) is 4.97. The zero-order valence-corrected chi connectivity index (χ0v) is 9.63. The van der Waals surface area contributed by atoms with E-state index in [1.807, 2.05) is 0 Å². The summed E-state index contributed by atoms with van der Waals surface area (Å²) in [6.07, 6.45) is 5.63. The highest BCUT2D eigenvalue weighted by atomic mass is 16.3. The molecule has 1 aliphatic carbocycles. The predicted molar refractivity (Wildman–Crippen MR) is 60.2 cm³/mol. The highest BCUT2D eigenvalue weighted by Gasteiger charge is 2.20. The Morgan fingerprint density at radius 1 is 1.36 bits per heavy atom. The molecule has 1 fully saturated rings. The van der Waals surface area contributed by atoms with Crippen molar-refractivity contribution in [3.63, 3.8) is 0 Å². The van der Waals surface area contributed by atoms with E-state index in [4.69, 9.17) is 5.11 Å². The Bertz CT molecular complexity index is 149. The fourth-order valence-corrected chi connectivity index (χ4v) is 2.28. The van der Waals surface area contributed by atoms with Crippen LogP contribution in [-0.4, -0.2) is 24.8 Å². The molecule has 3 atom stereocenters. The Morgan fingerprint density at radius 3 is 2.71 bits per heavy atom. The molecule has 0 aromatic carbocycles. The quantitative estimate of drug-likeness (QED) is 0.710. The molecule has 1 rings (SSSR count). The summed E-state index contributed by atoms with van der Waals surface area (Å²) in [5, 5.41) is 12.4. The van der Waals surface area contributed by atoms with Gasteiger partial charge in [-0.05, 0) is 37.3 Å². The van der Waals surface area contributed by atoms with E-state index in [1.54, 1.807) is 0 Å². The van der Waals surface area contributed by atoms with E-state index in [9.17, 15) is 0 Å². The van der Waals surface area contributed by atoms with Gasteiger partial charge in [-0.25, -0.2) is 0 Å². The summed E-state index contributed by atoms with van der Waals surface area (Å²) < 4.78 is 0. The van der Waals surface area contributed by atoms with Crippen molar-refractivity contribution in [2.45, 2.75) is 39.5 Å². The smallest absolute Gasteiger partial charge is 0.0468 e. The average molecular weight is 199 g/mol. The number of hydrogen-bond donors (Lipinski definition) is 2. The zero-order valence-electron chi connectivity index (χ0n) is 9.63. The lowest BCUT2D eigenvalue weighted by Crippen LogP contribution is -2.32. The Balaban J connectivity index is 2.10. The largest absolute Gasteiger partial charge is 0.396 e. The predicted octanol–water partition coefficient (Wildman–Crippen LogP) is 2.03. The van der Waals surface area contributed by atoms with Gasteiger partial charge < -0.3 is 10.4 Å². The molecule has 1 aliphatic rings. The Kier molecular flexibility index (Phi) is 5.49. The molecule has 2 heteroatoms. The minimum absolute atomic E-state index is 0.299. The minimum Gasteiger partial charge on any atom is -0.396 e. The molecule has 0 bridgehead atoms. The van der Waals surface area contributed by atoms with Crippen LogP contribution in [0.15, 0.2) is 0 Å². The summed E-state index contributed by atoms with van der Waals surface area (Å²) in [5.74, 6) is 2.16. The maximum atomic E-state index is 8.88. The van der Waals surface area contributed by atoms with Gasteiger partial charge in [0.1, 0.15) is 0 Å². The van der Waals surface area contributed by atoms with Gasteiger partial charge in [0, 0.05) is 6.61 Å². The number of nitrogens with one attached hydrogen (secondary N) is 1. The monoisotopic (exact) mass is 199 g/mol. The molecular formula is C12H25NO. The van der Waals surface area contributed by atoms with Crippen LogP contribution >= 0.6 is 0 Å². The summed E-state index contributed by atoms with van der Waals surface area (Å²) in [6, 6.07) is 0. The van der Waals surface area contributed by atoms with Gasteiger partial charge in [0.25, 0.3) is 0 Å². The van der Waals surface area contributed by atoms with E-state index in [0.29, 0.717) is 12.5 Å². The van der Waals surface area contributed by atoms with Crippen LogP contribution in [0.25, 0.3) is 0 Å². The summed E-state index contributed by atoms with van der Waals surface area (Å²) in [7, 11) is 0. The van der Waals surface area contributed by atoms with Crippen LogP contribution in [0.4, 0.5) is 0 Å². The van der Waals surface area contributed by atoms with Gasteiger partial charge in [-0.2, -0.15) is 0 Å². The SMILES string of the molecule is CC(CO)CNCC1CCCCC1C. The number of rotatable bonds is 5. The summed E-state index contributed by atoms with van der Waals surface area (Å²) in [5.41, 5.74) is 0. The van der Waals surface area contributed by atoms with Crippen LogP contribution in [0.1, 0.15) is 39.5 Å². The van der Waals surface area contributed by atoms with Crippen molar-refractivity contribution in [1.29, 1.82) is 0 Å². The zero-order chi connectivity index (χ0) is 10.4. The van der Waals surface area contributed by atoms with Crippen molar-refractivity contribution in [1.82, 2.24) is 5.32 Å². The van der Waals surface area contributed by atoms with Gasteiger partial charge >= 0.3 is 0 Å². The lowest BCUT2D eigenvalue weighted by molar-refractivity contribution is 0.217. The second kappa shape index (κ2) is 6.41. The second-order valence-electron chi connectivity index (χ2n) is 4.97. The van der Waals surface area contributed by atoms with Gasteiger partial charge in [-0.1, -0.05) is 33.1 Å². The van der Waals surface area contributed by atoms with E-state index < -0.39 is 0 Å². The van der Waals surface area contributed by atoms with Crippen molar-refractivity contribution in [3.8, 4) is 0 Å². The molecule has 0 aliphatic heterocycles. The van der Waals surface area contributed by atoms with Crippen molar-refractivity contribution in [2.75, 3.05) is 19.7 Å². The Labute approximate surface area is 88.1 Å². The van der Waals surface area contributed by atoms with E-state index in [-0.39, 0.29) is 0 Å². The normalized spacial score (nSPS) is 30.2. The highest BCUT2D eigenvalue weighted by Crippen LogP contribution is 2.28. The third-order valence-electron chi connectivity index (χ3n) is 3.50. The first-order valence-corrected chi connectivity index (χ1v) is 6.05. The first-order chi connectivity index (χ1) is 6.74. The van der Waals surface area contributed by atoms with Gasteiger partial charge in [0.05, 0.1) is 0 Å². The first-order valence-electron chi connectivity index (χ1n) is 6.05. The average Bonchev–Trinajstić information content (AvgIpc) is 2.20. The van der Waals surface area contributed by atoms with Crippen molar-refractivity contribution in [2.24, 2.45) is 17.8 Å². The van der Waals surface area contributed by atoms with Crippen molar-refractivity contribution >= 4 is 0 Å². The third kappa shape index (κ3) is 3.97. The lowest BCUT2D eigenvalue weighted by atomic mass is 9.80. The van der Waals surface area contributed by atoms with Crippen LogP contribution in [0.2, 0.25) is 0 Å². The van der Waals surface area contributed by atoms with Crippen LogP contribution in [0.3, 0.4) is 0 Å². The first kappa shape index (κ1) is 12.0. The van der Waals surface area contributed by atoms with Crippen molar-refractivity contribution < 1.29 is 5.11 Å². The minimum atomic E-state index is 0.299. The van der Waals surface area contributed by atoms with Crippen molar-refractivity contribution in [3.05, 3.63) is 0 Å². The Morgan fingerprint density at radius 2 is 2.07 bits per heavy atom. The molecule has 14 heavy (non-hydrogen) atoms. The van der Waals surface area contributed by atoms with E-state index in [2.05, 4.69) is 19.2 Å². The molecule has 0 aromatic rings. The lowest BCUT2D eigenvalue weighted by Gasteiger charge is -2.29. The van der Waals surface area contributed by atoms with E-state index in [1.165, 1.54) is 25.7 Å². The fraction of sp³-hybridized carbons (Fsp3) is 1.00. The standard InChI is InChI=1S/C12H25NO/c1-10(9-14)7-13-8-12-6-4-3-5-11(12)2/h10-14H,3-9H2,1-2H3. The van der Waals surface area contributed by atoms with E-state index in [0.717, 1.165) is 24.9 Å². The number of aliphatic hydroxyl groups excluding tert-OH is 1. The fourth-order valence-electron chi connectivity index (χ4n) is 2.28. The van der Waals surface area contributed by atoms with Crippen LogP contribution in [0, 0.1) is 17.8 Å². The maximum Gasteiger partial charge on any atom is 0.0468 e. The summed E-state index contributed by atoms with van der Waals surface area (Å²) >= 11 is 0. The molecule has 0 spiro atoms. The molecule has 0 heterocycles. The molecule has 1 saturated carbocycles. The van der Waals surface area contributed by atoms with Crippen LogP contribution in [0.5, 0.6) is 0 Å². The van der Waals surface area contributed by atoms with Gasteiger partial charge in [0.2, 0.25) is 0 Å². The van der Waals surface area contributed by atoms with Crippen LogP contribution in [-0.2, 0) is 0 Å². The number of aliphatic hydroxyl groups is 1. The molecule has 0 amide bonds. The Hall–Kier alpha value is -0.0800. The molecular weight excluding hydrogens is 174 g/mol. The molecule has 0 saturated heterocycles. The maximum absolute atomic E-state index is 8.88. The third-order valence-corrected chi connectivity index (χ3v) is 3.50. The van der Waals surface area contributed by atoms with Gasteiger partial charge in [0.15, 0.2) is 0 Å². The molecule has 2 nitrogen and oxygen atoms in total.